The fraction of sp³-hybridized carbons (Fsp3) is 0.0755. The molecule has 1 unspecified atom stereocenters. The molecule has 8 aromatic rings. The third kappa shape index (κ3) is 6.62. The lowest BCUT2D eigenvalue weighted by Gasteiger charge is -2.28. The highest BCUT2D eigenvalue weighted by molar-refractivity contribution is 7.84. The number of allylic oxidation sites excluding steroid dienone is 1. The van der Waals surface area contributed by atoms with Crippen molar-refractivity contribution >= 4 is 131 Å². The smallest absolute Gasteiger partial charge is 0.333 e. The van der Waals surface area contributed by atoms with Crippen molar-refractivity contribution in [2.24, 2.45) is 0 Å². The molecule has 304 valence electrons. The summed E-state index contributed by atoms with van der Waals surface area (Å²) in [5, 5.41) is 1.60. The van der Waals surface area contributed by atoms with Crippen LogP contribution in [0.5, 0.6) is 0 Å². The van der Waals surface area contributed by atoms with Crippen LogP contribution in [0.2, 0.25) is 0 Å². The van der Waals surface area contributed by atoms with Gasteiger partial charge in [-0.25, -0.2) is 0 Å². The fourth-order valence-corrected chi connectivity index (χ4v) is 12.7. The molecule has 0 radical (unpaired) electrons. The van der Waals surface area contributed by atoms with Crippen LogP contribution in [0.25, 0.3) is 43.5 Å². The first-order valence-electron chi connectivity index (χ1n) is 20.2. The molecule has 0 N–H and O–H groups in total. The quantitative estimate of drug-likeness (QED) is 0.0536. The van der Waals surface area contributed by atoms with Gasteiger partial charge in [0.15, 0.2) is 0 Å². The Morgan fingerprint density at radius 3 is 1.52 bits per heavy atom. The third-order valence-electron chi connectivity index (χ3n) is 12.0. The monoisotopic (exact) mass is 924 g/mol. The van der Waals surface area contributed by atoms with Gasteiger partial charge in [0.1, 0.15) is 13.2 Å². The second-order valence-electron chi connectivity index (χ2n) is 15.7. The Morgan fingerprint density at radius 2 is 1.02 bits per heavy atom. The summed E-state index contributed by atoms with van der Waals surface area (Å²) < 4.78 is 14.4. The lowest BCUT2D eigenvalue weighted by atomic mass is 9.77. The van der Waals surface area contributed by atoms with Gasteiger partial charge >= 0.3 is 11.9 Å². The lowest BCUT2D eigenvalue weighted by Crippen LogP contribution is -2.45. The minimum absolute atomic E-state index is 0.0235. The molecule has 1 atom stereocenters. The number of esters is 2. The van der Waals surface area contributed by atoms with Crippen LogP contribution in [-0.4, -0.2) is 26.5 Å². The van der Waals surface area contributed by atoms with Crippen molar-refractivity contribution in [2.75, 3.05) is 0 Å². The molecule has 0 fully saturated rings. The van der Waals surface area contributed by atoms with Gasteiger partial charge in [0.2, 0.25) is 5.41 Å². The maximum Gasteiger partial charge on any atom is 0.333 e. The third-order valence-corrected chi connectivity index (χ3v) is 16.0. The second-order valence-corrected chi connectivity index (χ2v) is 19.7. The highest BCUT2D eigenvalue weighted by Gasteiger charge is 2.58. The largest absolute Gasteiger partial charge is 0.459 e. The van der Waals surface area contributed by atoms with Crippen molar-refractivity contribution in [1.82, 2.24) is 0 Å². The van der Waals surface area contributed by atoms with Gasteiger partial charge in [-0.2, -0.15) is 12.6 Å². The van der Waals surface area contributed by atoms with E-state index in [0.29, 0.717) is 11.1 Å². The number of carbonyl (C=O) groups excluding carboxylic acids is 2. The highest BCUT2D eigenvalue weighted by atomic mass is 32.1. The van der Waals surface area contributed by atoms with Crippen LogP contribution in [0, 0.1) is 0 Å². The molecule has 3 aliphatic carbocycles. The molecule has 0 saturated carbocycles. The molecule has 6 aromatic carbocycles. The first-order valence-corrected chi connectivity index (χ1v) is 23.6. The van der Waals surface area contributed by atoms with E-state index < -0.39 is 17.4 Å². The number of thiol groups is 1. The summed E-state index contributed by atoms with van der Waals surface area (Å²) in [7, 11) is 0. The SMILES string of the molecule is O=C(OCc1ccccc1)C1(C(=O)OCc2ccccc2)c2cc3cc(C=C4C(=S)c5ccccc5C4=S)sc3cc2-c2cc3sc(/C=C4\C(=S)c5ccccc5C4S)cc3cc21. The van der Waals surface area contributed by atoms with Crippen LogP contribution in [0.3, 0.4) is 0 Å². The Balaban J connectivity index is 1.08. The number of hydrogen-bond acceptors (Lipinski definition) is 10. The molecular weight excluding hydrogens is 893 g/mol. The molecule has 2 heterocycles. The summed E-state index contributed by atoms with van der Waals surface area (Å²) in [6.45, 7) is -0.0470. The Morgan fingerprint density at radius 1 is 0.556 bits per heavy atom. The van der Waals surface area contributed by atoms with Crippen molar-refractivity contribution < 1.29 is 19.1 Å². The van der Waals surface area contributed by atoms with Crippen molar-refractivity contribution in [1.29, 1.82) is 0 Å². The minimum atomic E-state index is -1.95. The van der Waals surface area contributed by atoms with E-state index in [0.717, 1.165) is 100 Å². The molecule has 0 saturated heterocycles. The summed E-state index contributed by atoms with van der Waals surface area (Å²) in [6, 6.07) is 47.3. The number of hydrogen-bond donors (Lipinski definition) is 1. The Labute approximate surface area is 392 Å². The van der Waals surface area contributed by atoms with E-state index in [1.807, 2.05) is 115 Å². The number of ether oxygens (including phenoxy) is 2. The molecule has 0 spiro atoms. The number of carbonyl (C=O) groups is 2. The van der Waals surface area contributed by atoms with Gasteiger partial charge in [0.05, 0.1) is 15.0 Å². The normalized spacial score (nSPS) is 16.3. The summed E-state index contributed by atoms with van der Waals surface area (Å²) in [5.41, 5.74) is 8.10. The van der Waals surface area contributed by atoms with E-state index in [9.17, 15) is 0 Å². The van der Waals surface area contributed by atoms with Crippen LogP contribution in [-0.2, 0) is 37.7 Å². The number of rotatable bonds is 8. The summed E-state index contributed by atoms with van der Waals surface area (Å²) in [4.78, 5) is 34.6. The number of thiophene rings is 2. The van der Waals surface area contributed by atoms with Crippen LogP contribution in [0.15, 0.2) is 157 Å². The summed E-state index contributed by atoms with van der Waals surface area (Å²) in [6.07, 6.45) is 4.17. The van der Waals surface area contributed by atoms with Gasteiger partial charge in [-0.1, -0.05) is 146 Å². The maximum atomic E-state index is 15.2. The molecule has 3 aliphatic rings. The van der Waals surface area contributed by atoms with Gasteiger partial charge in [0, 0.05) is 40.7 Å². The molecule has 11 rings (SSSR count). The first kappa shape index (κ1) is 40.1. The van der Waals surface area contributed by atoms with Crippen LogP contribution in [0.1, 0.15) is 59.5 Å². The van der Waals surface area contributed by atoms with Gasteiger partial charge in [0.25, 0.3) is 0 Å². The zero-order valence-corrected chi connectivity index (χ0v) is 38.1. The van der Waals surface area contributed by atoms with Crippen molar-refractivity contribution in [2.45, 2.75) is 23.9 Å². The van der Waals surface area contributed by atoms with Crippen molar-refractivity contribution in [3.05, 3.63) is 211 Å². The molecule has 2 aromatic heterocycles. The van der Waals surface area contributed by atoms with Crippen molar-refractivity contribution in [3.8, 4) is 11.1 Å². The molecule has 10 heteroatoms. The minimum Gasteiger partial charge on any atom is -0.459 e. The summed E-state index contributed by atoms with van der Waals surface area (Å²) >= 11 is 26.0. The van der Waals surface area contributed by atoms with Gasteiger partial charge < -0.3 is 9.47 Å². The second kappa shape index (κ2) is 15.8. The molecule has 4 nitrogen and oxygen atoms in total. The van der Waals surface area contributed by atoms with Crippen LogP contribution >= 0.6 is 72.0 Å². The van der Waals surface area contributed by atoms with E-state index >= 15 is 9.59 Å². The number of fused-ring (bicyclic) bond motifs is 7. The summed E-state index contributed by atoms with van der Waals surface area (Å²) in [5.74, 6) is -1.41. The lowest BCUT2D eigenvalue weighted by molar-refractivity contribution is -0.164. The van der Waals surface area contributed by atoms with E-state index in [-0.39, 0.29) is 18.5 Å². The predicted molar refractivity (Wildman–Crippen MR) is 272 cm³/mol. The van der Waals surface area contributed by atoms with Gasteiger partial charge in [-0.15, -0.1) is 22.7 Å². The zero-order chi connectivity index (χ0) is 43.0. The predicted octanol–water partition coefficient (Wildman–Crippen LogP) is 13.2. The standard InChI is InChI=1S/C53H32O4S6/c54-51(56-27-29-11-3-1-4-12-29)53(52(55)57-28-30-13-5-2-6-14-30)43-21-31-19-33(23-41-47(58)35-15-7-8-16-36(35)48(41)59)62-45(31)25-39(43)40-26-46-32(22-44(40)53)20-34(63-46)24-42-49(60)37-17-9-10-18-38(37)50(42)61/h1-26,47,58H,27-28H2/b41-23-. The molecule has 0 bridgehead atoms. The van der Waals surface area contributed by atoms with Gasteiger partial charge in [-0.3, -0.25) is 9.59 Å². The molecule has 0 aliphatic heterocycles. The average Bonchev–Trinajstić information content (AvgIpc) is 4.09. The van der Waals surface area contributed by atoms with E-state index in [1.54, 1.807) is 22.7 Å². The Kier molecular flexibility index (Phi) is 10.1. The zero-order valence-electron chi connectivity index (χ0n) is 33.1. The Bertz CT molecular complexity index is 3260. The first-order chi connectivity index (χ1) is 30.7. The topological polar surface area (TPSA) is 52.6 Å². The average molecular weight is 925 g/mol. The van der Waals surface area contributed by atoms with E-state index in [2.05, 4.69) is 42.5 Å². The van der Waals surface area contributed by atoms with E-state index in [1.165, 1.54) is 0 Å². The van der Waals surface area contributed by atoms with E-state index in [4.69, 9.17) is 58.8 Å². The molecule has 0 amide bonds. The molecular formula is C53H32O4S6. The highest BCUT2D eigenvalue weighted by Crippen LogP contribution is 2.55. The Hall–Kier alpha value is -5.72. The number of thiocarbonyl (C=S) groups is 3. The number of benzene rings is 6. The maximum absolute atomic E-state index is 15.2. The van der Waals surface area contributed by atoms with Crippen LogP contribution < -0.4 is 0 Å². The van der Waals surface area contributed by atoms with Crippen LogP contribution in [0.4, 0.5) is 0 Å². The van der Waals surface area contributed by atoms with Gasteiger partial charge in [-0.05, 0) is 109 Å². The van der Waals surface area contributed by atoms with Crippen molar-refractivity contribution in [3.63, 3.8) is 0 Å². The molecule has 63 heavy (non-hydrogen) atoms. The fourth-order valence-electron chi connectivity index (χ4n) is 8.99.